The van der Waals surface area contributed by atoms with Crippen molar-refractivity contribution in [1.82, 2.24) is 0 Å². The Morgan fingerprint density at radius 3 is 2.28 bits per heavy atom. The largest absolute Gasteiger partial charge is 0.0998 e. The van der Waals surface area contributed by atoms with Crippen LogP contribution < -0.4 is 0 Å². The van der Waals surface area contributed by atoms with Crippen LogP contribution in [0.2, 0.25) is 0 Å². The van der Waals surface area contributed by atoms with Crippen LogP contribution in [0, 0.1) is 24.2 Å². The number of hydrogen-bond acceptors (Lipinski definition) is 0. The van der Waals surface area contributed by atoms with E-state index in [0.29, 0.717) is 11.8 Å². The maximum atomic E-state index is 4.22. The van der Waals surface area contributed by atoms with Crippen LogP contribution in [0.25, 0.3) is 12.2 Å². The van der Waals surface area contributed by atoms with Crippen molar-refractivity contribution in [3.63, 3.8) is 0 Å². The van der Waals surface area contributed by atoms with E-state index >= 15 is 0 Å². The first-order valence-corrected chi connectivity index (χ1v) is 9.39. The van der Waals surface area contributed by atoms with Gasteiger partial charge in [0.05, 0.1) is 0 Å². The molecule has 1 aromatic rings. The molecule has 0 bridgehead atoms. The van der Waals surface area contributed by atoms with Crippen molar-refractivity contribution >= 4 is 12.2 Å². The first kappa shape index (κ1) is 21.2. The SMILES string of the molecule is C=C(/C=C\c1ccc(/C=C/C(C)(C)C(C(=C)C)C(C)C)cc1C)CC. The van der Waals surface area contributed by atoms with Gasteiger partial charge in [-0.1, -0.05) is 101 Å². The van der Waals surface area contributed by atoms with Gasteiger partial charge in [-0.25, -0.2) is 0 Å². The van der Waals surface area contributed by atoms with Gasteiger partial charge in [0, 0.05) is 0 Å². The van der Waals surface area contributed by atoms with Gasteiger partial charge in [0.1, 0.15) is 0 Å². The van der Waals surface area contributed by atoms with Gasteiger partial charge in [-0.3, -0.25) is 0 Å². The smallest absolute Gasteiger partial charge is 0.00995 e. The second kappa shape index (κ2) is 9.04. The third-order valence-corrected chi connectivity index (χ3v) is 4.95. The van der Waals surface area contributed by atoms with Crippen LogP contribution in [0.3, 0.4) is 0 Å². The van der Waals surface area contributed by atoms with Crippen LogP contribution >= 0.6 is 0 Å². The minimum atomic E-state index is 0.0886. The summed E-state index contributed by atoms with van der Waals surface area (Å²) in [5, 5.41) is 0. The Bertz CT molecular complexity index is 665. The summed E-state index contributed by atoms with van der Waals surface area (Å²) in [6, 6.07) is 6.64. The molecular weight excluding hydrogens is 300 g/mol. The van der Waals surface area contributed by atoms with E-state index in [1.807, 2.05) is 0 Å². The maximum Gasteiger partial charge on any atom is -0.00995 e. The van der Waals surface area contributed by atoms with E-state index < -0.39 is 0 Å². The summed E-state index contributed by atoms with van der Waals surface area (Å²) in [4.78, 5) is 0. The van der Waals surface area contributed by atoms with Gasteiger partial charge < -0.3 is 0 Å². The van der Waals surface area contributed by atoms with Gasteiger partial charge in [0.25, 0.3) is 0 Å². The standard InChI is InChI=1S/C25H36/c1-10-20(6)11-13-23-14-12-22(17-21(23)7)15-16-25(8,9)24(18(2)3)19(4)5/h11-17,19,24H,2,6,10H2,1,3-5,7-9H3/b13-11-,16-15+. The highest BCUT2D eigenvalue weighted by Gasteiger charge is 2.29. The van der Waals surface area contributed by atoms with E-state index in [-0.39, 0.29) is 5.41 Å². The van der Waals surface area contributed by atoms with Gasteiger partial charge in [0.15, 0.2) is 0 Å². The van der Waals surface area contributed by atoms with Crippen LogP contribution in [-0.4, -0.2) is 0 Å². The average Bonchev–Trinajstić information content (AvgIpc) is 2.50. The molecule has 136 valence electrons. The molecule has 0 aliphatic heterocycles. The van der Waals surface area contributed by atoms with Gasteiger partial charge in [-0.2, -0.15) is 0 Å². The van der Waals surface area contributed by atoms with Crippen LogP contribution in [-0.2, 0) is 0 Å². The lowest BCUT2D eigenvalue weighted by Crippen LogP contribution is -2.27. The molecular formula is C25H36. The van der Waals surface area contributed by atoms with Gasteiger partial charge in [-0.05, 0) is 54.2 Å². The Labute approximate surface area is 156 Å². The second-order valence-electron chi connectivity index (χ2n) is 8.18. The Balaban J connectivity index is 3.01. The highest BCUT2D eigenvalue weighted by atomic mass is 14.3. The lowest BCUT2D eigenvalue weighted by molar-refractivity contribution is 0.255. The van der Waals surface area contributed by atoms with E-state index in [4.69, 9.17) is 0 Å². The molecule has 0 radical (unpaired) electrons. The second-order valence-corrected chi connectivity index (χ2v) is 8.18. The number of aryl methyl sites for hydroxylation is 1. The summed E-state index contributed by atoms with van der Waals surface area (Å²) in [7, 11) is 0. The van der Waals surface area contributed by atoms with E-state index in [9.17, 15) is 0 Å². The number of benzene rings is 1. The van der Waals surface area contributed by atoms with Crippen LogP contribution in [0.1, 0.15) is 64.7 Å². The third kappa shape index (κ3) is 6.20. The highest BCUT2D eigenvalue weighted by molar-refractivity contribution is 5.61. The summed E-state index contributed by atoms with van der Waals surface area (Å²) < 4.78 is 0. The van der Waals surface area contributed by atoms with E-state index in [0.717, 1.165) is 12.0 Å². The molecule has 0 aromatic heterocycles. The summed E-state index contributed by atoms with van der Waals surface area (Å²) >= 11 is 0. The van der Waals surface area contributed by atoms with Gasteiger partial charge in [-0.15, -0.1) is 0 Å². The minimum Gasteiger partial charge on any atom is -0.0998 e. The molecule has 1 rings (SSSR count). The predicted octanol–water partition coefficient (Wildman–Crippen LogP) is 7.86. The molecule has 0 saturated heterocycles. The van der Waals surface area contributed by atoms with Crippen molar-refractivity contribution in [1.29, 1.82) is 0 Å². The molecule has 0 fully saturated rings. The zero-order valence-corrected chi connectivity index (χ0v) is 17.3. The van der Waals surface area contributed by atoms with E-state index in [1.54, 1.807) is 0 Å². The molecule has 1 aromatic carbocycles. The lowest BCUT2D eigenvalue weighted by atomic mass is 9.69. The molecule has 1 atom stereocenters. The Morgan fingerprint density at radius 1 is 1.16 bits per heavy atom. The normalized spacial score (nSPS) is 13.8. The summed E-state index contributed by atoms with van der Waals surface area (Å²) in [6.07, 6.45) is 9.86. The van der Waals surface area contributed by atoms with E-state index in [1.165, 1.54) is 22.3 Å². The van der Waals surface area contributed by atoms with E-state index in [2.05, 4.69) is 104 Å². The molecule has 0 amide bonds. The zero-order valence-electron chi connectivity index (χ0n) is 17.3. The Hall–Kier alpha value is -1.82. The molecule has 0 aliphatic carbocycles. The van der Waals surface area contributed by atoms with Crippen molar-refractivity contribution in [3.05, 3.63) is 71.3 Å². The highest BCUT2D eigenvalue weighted by Crippen LogP contribution is 2.39. The van der Waals surface area contributed by atoms with Crippen molar-refractivity contribution in [2.24, 2.45) is 17.3 Å². The molecule has 0 spiro atoms. The first-order chi connectivity index (χ1) is 11.6. The average molecular weight is 337 g/mol. The molecule has 0 nitrogen and oxygen atoms in total. The van der Waals surface area contributed by atoms with Crippen LogP contribution in [0.5, 0.6) is 0 Å². The van der Waals surface area contributed by atoms with Crippen molar-refractivity contribution in [3.8, 4) is 0 Å². The lowest BCUT2D eigenvalue weighted by Gasteiger charge is -2.35. The molecule has 0 aliphatic rings. The molecule has 0 heteroatoms. The molecule has 0 heterocycles. The molecule has 0 N–H and O–H groups in total. The van der Waals surface area contributed by atoms with Crippen LogP contribution in [0.15, 0.2) is 54.7 Å². The maximum absolute atomic E-state index is 4.22. The van der Waals surface area contributed by atoms with Gasteiger partial charge in [0.2, 0.25) is 0 Å². The Morgan fingerprint density at radius 2 is 1.80 bits per heavy atom. The minimum absolute atomic E-state index is 0.0886. The fourth-order valence-electron chi connectivity index (χ4n) is 3.79. The first-order valence-electron chi connectivity index (χ1n) is 9.39. The fourth-order valence-corrected chi connectivity index (χ4v) is 3.79. The van der Waals surface area contributed by atoms with Crippen molar-refractivity contribution in [2.75, 3.05) is 0 Å². The Kier molecular flexibility index (Phi) is 7.67. The van der Waals surface area contributed by atoms with Crippen molar-refractivity contribution in [2.45, 2.75) is 54.9 Å². The molecule has 0 saturated carbocycles. The number of hydrogen-bond donors (Lipinski definition) is 0. The quantitative estimate of drug-likeness (QED) is 0.335. The zero-order chi connectivity index (χ0) is 19.2. The summed E-state index contributed by atoms with van der Waals surface area (Å²) in [5.41, 5.74) is 6.31. The summed E-state index contributed by atoms with van der Waals surface area (Å²) in [5.74, 6) is 1.06. The monoisotopic (exact) mass is 336 g/mol. The summed E-state index contributed by atoms with van der Waals surface area (Å²) in [6.45, 7) is 23.9. The van der Waals surface area contributed by atoms with Crippen molar-refractivity contribution < 1.29 is 0 Å². The third-order valence-electron chi connectivity index (χ3n) is 4.95. The molecule has 1 unspecified atom stereocenters. The topological polar surface area (TPSA) is 0 Å². The molecule has 25 heavy (non-hydrogen) atoms. The predicted molar refractivity (Wildman–Crippen MR) is 116 cm³/mol. The number of rotatable bonds is 8. The van der Waals surface area contributed by atoms with Crippen LogP contribution in [0.4, 0.5) is 0 Å². The fraction of sp³-hybridized carbons (Fsp3) is 0.440. The van der Waals surface area contributed by atoms with Gasteiger partial charge >= 0.3 is 0 Å². The number of allylic oxidation sites excluding steroid dienone is 4.